The third kappa shape index (κ3) is 1.31. The van der Waals surface area contributed by atoms with Gasteiger partial charge in [-0.05, 0) is 12.8 Å². The Hall–Kier alpha value is 0.270. The van der Waals surface area contributed by atoms with Crippen molar-refractivity contribution in [1.82, 2.24) is 5.32 Å². The van der Waals surface area contributed by atoms with Gasteiger partial charge in [0.2, 0.25) is 0 Å². The largest absolute Gasteiger partial charge is 0.376 e. The van der Waals surface area contributed by atoms with E-state index in [9.17, 15) is 0 Å². The van der Waals surface area contributed by atoms with Crippen LogP contribution in [0, 0.1) is 0 Å². The lowest BCUT2D eigenvalue weighted by Crippen LogP contribution is -2.32. The zero-order valence-corrected chi connectivity index (χ0v) is 6.82. The van der Waals surface area contributed by atoms with Crippen LogP contribution in [-0.4, -0.2) is 30.4 Å². The standard InChI is InChI=1S/C7H13NOS/c1-2-6(9-4-1)7-8-3-5-10-7/h6-8H,1-5H2. The van der Waals surface area contributed by atoms with E-state index in [1.807, 2.05) is 11.8 Å². The van der Waals surface area contributed by atoms with E-state index in [2.05, 4.69) is 5.32 Å². The van der Waals surface area contributed by atoms with Gasteiger partial charge in [-0.2, -0.15) is 0 Å². The Labute approximate surface area is 65.7 Å². The first kappa shape index (κ1) is 6.95. The van der Waals surface area contributed by atoms with Crippen LogP contribution in [-0.2, 0) is 4.74 Å². The quantitative estimate of drug-likeness (QED) is 0.612. The highest BCUT2D eigenvalue weighted by Gasteiger charge is 2.28. The van der Waals surface area contributed by atoms with Crippen molar-refractivity contribution in [1.29, 1.82) is 0 Å². The van der Waals surface area contributed by atoms with Crippen LogP contribution in [0.1, 0.15) is 12.8 Å². The third-order valence-corrected chi connectivity index (χ3v) is 3.32. The fourth-order valence-electron chi connectivity index (χ4n) is 1.53. The summed E-state index contributed by atoms with van der Waals surface area (Å²) in [6, 6.07) is 0. The minimum absolute atomic E-state index is 0.507. The molecular weight excluding hydrogens is 146 g/mol. The summed E-state index contributed by atoms with van der Waals surface area (Å²) >= 11 is 2.00. The van der Waals surface area contributed by atoms with Crippen LogP contribution >= 0.6 is 11.8 Å². The summed E-state index contributed by atoms with van der Waals surface area (Å²) in [6.07, 6.45) is 3.01. The molecule has 58 valence electrons. The van der Waals surface area contributed by atoms with Gasteiger partial charge >= 0.3 is 0 Å². The third-order valence-electron chi connectivity index (χ3n) is 2.05. The van der Waals surface area contributed by atoms with Crippen LogP contribution in [0.4, 0.5) is 0 Å². The number of hydrogen-bond donors (Lipinski definition) is 1. The van der Waals surface area contributed by atoms with E-state index in [-0.39, 0.29) is 0 Å². The molecule has 0 bridgehead atoms. The molecular formula is C7H13NOS. The van der Waals surface area contributed by atoms with E-state index in [1.54, 1.807) is 0 Å². The molecule has 2 heterocycles. The van der Waals surface area contributed by atoms with E-state index < -0.39 is 0 Å². The maximum Gasteiger partial charge on any atom is 0.0822 e. The molecule has 2 unspecified atom stereocenters. The second-order valence-corrected chi connectivity index (χ2v) is 4.05. The fraction of sp³-hybridized carbons (Fsp3) is 1.00. The molecule has 3 heteroatoms. The first-order chi connectivity index (χ1) is 4.97. The zero-order chi connectivity index (χ0) is 6.81. The molecule has 0 amide bonds. The Bertz CT molecular complexity index is 94.2. The van der Waals surface area contributed by atoms with Crippen LogP contribution in [0.5, 0.6) is 0 Å². The molecule has 0 aliphatic carbocycles. The molecule has 1 N–H and O–H groups in total. The van der Waals surface area contributed by atoms with Crippen LogP contribution in [0.3, 0.4) is 0 Å². The molecule has 2 nitrogen and oxygen atoms in total. The maximum absolute atomic E-state index is 5.55. The molecule has 0 spiro atoms. The summed E-state index contributed by atoms with van der Waals surface area (Å²) in [5.41, 5.74) is 0. The van der Waals surface area contributed by atoms with Gasteiger partial charge in [-0.1, -0.05) is 0 Å². The van der Waals surface area contributed by atoms with Crippen LogP contribution in [0.15, 0.2) is 0 Å². The van der Waals surface area contributed by atoms with E-state index >= 15 is 0 Å². The van der Waals surface area contributed by atoms with E-state index in [0.29, 0.717) is 11.5 Å². The van der Waals surface area contributed by atoms with Gasteiger partial charge in [0.15, 0.2) is 0 Å². The molecule has 2 aliphatic heterocycles. The Morgan fingerprint density at radius 3 is 3.10 bits per heavy atom. The SMILES string of the molecule is C1COC(C2NCCS2)C1. The molecule has 0 saturated carbocycles. The van der Waals surface area contributed by atoms with Crippen LogP contribution < -0.4 is 5.32 Å². The number of ether oxygens (including phenoxy) is 1. The minimum Gasteiger partial charge on any atom is -0.376 e. The van der Waals surface area contributed by atoms with Crippen molar-refractivity contribution in [3.05, 3.63) is 0 Å². The maximum atomic E-state index is 5.55. The van der Waals surface area contributed by atoms with Crippen molar-refractivity contribution in [3.8, 4) is 0 Å². The van der Waals surface area contributed by atoms with E-state index in [0.717, 1.165) is 13.2 Å². The Morgan fingerprint density at radius 1 is 1.50 bits per heavy atom. The highest BCUT2D eigenvalue weighted by Crippen LogP contribution is 2.25. The summed E-state index contributed by atoms with van der Waals surface area (Å²) in [4.78, 5) is 0. The Balaban J connectivity index is 1.85. The van der Waals surface area contributed by atoms with Gasteiger partial charge in [-0.15, -0.1) is 11.8 Å². The molecule has 0 aromatic carbocycles. The van der Waals surface area contributed by atoms with Crippen LogP contribution in [0.2, 0.25) is 0 Å². The molecule has 0 radical (unpaired) electrons. The molecule has 0 aromatic rings. The van der Waals surface area contributed by atoms with Crippen molar-refractivity contribution >= 4 is 11.8 Å². The summed E-state index contributed by atoms with van der Waals surface area (Å²) in [7, 11) is 0. The van der Waals surface area contributed by atoms with Crippen molar-refractivity contribution in [3.63, 3.8) is 0 Å². The Morgan fingerprint density at radius 2 is 2.50 bits per heavy atom. The number of hydrogen-bond acceptors (Lipinski definition) is 3. The van der Waals surface area contributed by atoms with E-state index in [4.69, 9.17) is 4.74 Å². The average molecular weight is 159 g/mol. The molecule has 2 saturated heterocycles. The highest BCUT2D eigenvalue weighted by atomic mass is 32.2. The number of nitrogens with one attached hydrogen (secondary N) is 1. The summed E-state index contributed by atoms with van der Waals surface area (Å²) in [5, 5.41) is 4.04. The first-order valence-electron chi connectivity index (χ1n) is 3.93. The number of rotatable bonds is 1. The summed E-state index contributed by atoms with van der Waals surface area (Å²) in [5.74, 6) is 1.25. The normalized spacial score (nSPS) is 40.8. The monoisotopic (exact) mass is 159 g/mol. The van der Waals surface area contributed by atoms with Gasteiger partial charge in [0, 0.05) is 18.9 Å². The second-order valence-electron chi connectivity index (χ2n) is 2.80. The van der Waals surface area contributed by atoms with Crippen LogP contribution in [0.25, 0.3) is 0 Å². The molecule has 10 heavy (non-hydrogen) atoms. The molecule has 2 atom stereocenters. The van der Waals surface area contributed by atoms with Gasteiger partial charge in [0.25, 0.3) is 0 Å². The van der Waals surface area contributed by atoms with Gasteiger partial charge in [0.05, 0.1) is 11.5 Å². The van der Waals surface area contributed by atoms with Gasteiger partial charge in [-0.3, -0.25) is 0 Å². The van der Waals surface area contributed by atoms with Crippen molar-refractivity contribution in [2.45, 2.75) is 24.3 Å². The molecule has 2 fully saturated rings. The topological polar surface area (TPSA) is 21.3 Å². The zero-order valence-electron chi connectivity index (χ0n) is 6.01. The Kier molecular flexibility index (Phi) is 2.16. The smallest absolute Gasteiger partial charge is 0.0822 e. The van der Waals surface area contributed by atoms with E-state index in [1.165, 1.54) is 18.6 Å². The minimum atomic E-state index is 0.507. The molecule has 2 rings (SSSR count). The lowest BCUT2D eigenvalue weighted by molar-refractivity contribution is 0.104. The summed E-state index contributed by atoms with van der Waals surface area (Å²) in [6.45, 7) is 2.14. The van der Waals surface area contributed by atoms with Crippen molar-refractivity contribution < 1.29 is 4.74 Å². The predicted molar refractivity (Wildman–Crippen MR) is 43.2 cm³/mol. The molecule has 0 aromatic heterocycles. The van der Waals surface area contributed by atoms with Crippen molar-refractivity contribution in [2.75, 3.05) is 18.9 Å². The highest BCUT2D eigenvalue weighted by molar-refractivity contribution is 8.00. The number of thioether (sulfide) groups is 1. The van der Waals surface area contributed by atoms with Gasteiger partial charge in [-0.25, -0.2) is 0 Å². The fourth-order valence-corrected chi connectivity index (χ4v) is 2.68. The second kappa shape index (κ2) is 3.11. The van der Waals surface area contributed by atoms with Gasteiger partial charge in [0.1, 0.15) is 0 Å². The lowest BCUT2D eigenvalue weighted by Gasteiger charge is -2.16. The first-order valence-corrected chi connectivity index (χ1v) is 4.98. The molecule has 2 aliphatic rings. The van der Waals surface area contributed by atoms with Gasteiger partial charge < -0.3 is 10.1 Å². The predicted octanol–water partition coefficient (Wildman–Crippen LogP) is 0.828. The summed E-state index contributed by atoms with van der Waals surface area (Å²) < 4.78 is 5.55. The average Bonchev–Trinajstić information content (AvgIpc) is 2.59. The lowest BCUT2D eigenvalue weighted by atomic mass is 10.2. The van der Waals surface area contributed by atoms with Crippen molar-refractivity contribution in [2.24, 2.45) is 0 Å².